The SMILES string of the molecule is CCCc1ccc(-c2c(Cl)nc(N)nc2N[C@H]2CC[C@@H](CO)C2)cn1. The number of aromatic nitrogens is 3. The lowest BCUT2D eigenvalue weighted by atomic mass is 10.1. The molecule has 1 aliphatic carbocycles. The first-order chi connectivity index (χ1) is 12.1. The quantitative estimate of drug-likeness (QED) is 0.683. The summed E-state index contributed by atoms with van der Waals surface area (Å²) in [6, 6.07) is 4.25. The molecule has 0 saturated heterocycles. The van der Waals surface area contributed by atoms with E-state index in [4.69, 9.17) is 17.3 Å². The zero-order valence-corrected chi connectivity index (χ0v) is 15.1. The van der Waals surface area contributed by atoms with Crippen LogP contribution in [0.2, 0.25) is 5.15 Å². The second-order valence-corrected chi connectivity index (χ2v) is 6.95. The fourth-order valence-electron chi connectivity index (χ4n) is 3.35. The normalized spacial score (nSPS) is 20.0. The number of halogens is 1. The van der Waals surface area contributed by atoms with E-state index in [1.807, 2.05) is 18.3 Å². The fraction of sp³-hybridized carbons (Fsp3) is 0.500. The molecule has 0 spiro atoms. The number of anilines is 2. The van der Waals surface area contributed by atoms with Crippen molar-refractivity contribution in [1.82, 2.24) is 15.0 Å². The number of aliphatic hydroxyl groups excluding tert-OH is 1. The van der Waals surface area contributed by atoms with E-state index in [0.717, 1.165) is 48.9 Å². The predicted octanol–water partition coefficient (Wildman–Crippen LogP) is 3.30. The molecule has 0 unspecified atom stereocenters. The molecule has 1 fully saturated rings. The van der Waals surface area contributed by atoms with Crippen LogP contribution in [-0.2, 0) is 6.42 Å². The van der Waals surface area contributed by atoms with Gasteiger partial charge in [-0.15, -0.1) is 0 Å². The van der Waals surface area contributed by atoms with E-state index in [1.54, 1.807) is 0 Å². The summed E-state index contributed by atoms with van der Waals surface area (Å²) in [6.07, 6.45) is 6.71. The van der Waals surface area contributed by atoms with Crippen LogP contribution in [0.5, 0.6) is 0 Å². The van der Waals surface area contributed by atoms with Gasteiger partial charge in [0.05, 0.1) is 5.56 Å². The van der Waals surface area contributed by atoms with Crippen molar-refractivity contribution in [1.29, 1.82) is 0 Å². The predicted molar refractivity (Wildman–Crippen MR) is 101 cm³/mol. The van der Waals surface area contributed by atoms with Gasteiger partial charge in [0.25, 0.3) is 0 Å². The number of aryl methyl sites for hydroxylation is 1. The lowest BCUT2D eigenvalue weighted by Gasteiger charge is -2.18. The number of aliphatic hydroxyl groups is 1. The van der Waals surface area contributed by atoms with Crippen molar-refractivity contribution in [2.45, 2.75) is 45.1 Å². The molecule has 2 aromatic rings. The monoisotopic (exact) mass is 361 g/mol. The highest BCUT2D eigenvalue weighted by atomic mass is 35.5. The maximum absolute atomic E-state index is 9.34. The van der Waals surface area contributed by atoms with Gasteiger partial charge in [0, 0.05) is 30.1 Å². The molecule has 3 rings (SSSR count). The smallest absolute Gasteiger partial charge is 0.223 e. The highest BCUT2D eigenvalue weighted by Crippen LogP contribution is 2.35. The number of hydrogen-bond acceptors (Lipinski definition) is 6. The number of nitrogens with zero attached hydrogens (tertiary/aromatic N) is 3. The Morgan fingerprint density at radius 2 is 2.16 bits per heavy atom. The Labute approximate surface area is 152 Å². The first-order valence-corrected chi connectivity index (χ1v) is 9.14. The molecule has 1 saturated carbocycles. The first-order valence-electron chi connectivity index (χ1n) is 8.76. The van der Waals surface area contributed by atoms with Gasteiger partial charge in [0.15, 0.2) is 0 Å². The third kappa shape index (κ3) is 4.19. The molecule has 4 N–H and O–H groups in total. The molecule has 25 heavy (non-hydrogen) atoms. The minimum Gasteiger partial charge on any atom is -0.396 e. The van der Waals surface area contributed by atoms with Crippen molar-refractivity contribution in [2.24, 2.45) is 5.92 Å². The maximum Gasteiger partial charge on any atom is 0.223 e. The molecule has 0 radical (unpaired) electrons. The summed E-state index contributed by atoms with van der Waals surface area (Å²) in [5.41, 5.74) is 8.43. The Bertz CT molecular complexity index is 722. The van der Waals surface area contributed by atoms with Crippen molar-refractivity contribution in [2.75, 3.05) is 17.7 Å². The molecule has 0 amide bonds. The van der Waals surface area contributed by atoms with Crippen LogP contribution in [-0.4, -0.2) is 32.7 Å². The minimum absolute atomic E-state index is 0.142. The molecule has 2 atom stereocenters. The van der Waals surface area contributed by atoms with Gasteiger partial charge in [-0.3, -0.25) is 4.98 Å². The zero-order chi connectivity index (χ0) is 17.8. The Morgan fingerprint density at radius 1 is 1.32 bits per heavy atom. The average molecular weight is 362 g/mol. The van der Waals surface area contributed by atoms with Crippen LogP contribution in [0.15, 0.2) is 18.3 Å². The number of nitrogen functional groups attached to an aromatic ring is 1. The van der Waals surface area contributed by atoms with E-state index in [1.165, 1.54) is 0 Å². The van der Waals surface area contributed by atoms with Gasteiger partial charge in [0.1, 0.15) is 11.0 Å². The highest BCUT2D eigenvalue weighted by Gasteiger charge is 2.26. The number of rotatable bonds is 6. The fourth-order valence-corrected chi connectivity index (χ4v) is 3.64. The van der Waals surface area contributed by atoms with E-state index in [-0.39, 0.29) is 18.6 Å². The number of nitrogens with one attached hydrogen (secondary N) is 1. The third-order valence-electron chi connectivity index (χ3n) is 4.64. The van der Waals surface area contributed by atoms with E-state index in [2.05, 4.69) is 27.2 Å². The second kappa shape index (κ2) is 7.97. The molecule has 2 heterocycles. The van der Waals surface area contributed by atoms with Gasteiger partial charge in [-0.25, -0.2) is 4.98 Å². The van der Waals surface area contributed by atoms with Crippen molar-refractivity contribution in [3.63, 3.8) is 0 Å². The van der Waals surface area contributed by atoms with Gasteiger partial charge < -0.3 is 16.2 Å². The van der Waals surface area contributed by atoms with Gasteiger partial charge in [-0.1, -0.05) is 31.0 Å². The van der Waals surface area contributed by atoms with Crippen LogP contribution in [0.25, 0.3) is 11.1 Å². The van der Waals surface area contributed by atoms with Crippen LogP contribution in [0.3, 0.4) is 0 Å². The van der Waals surface area contributed by atoms with Crippen LogP contribution in [0.4, 0.5) is 11.8 Å². The standard InChI is InChI=1S/C18H24ClN5O/c1-2-3-13-7-5-12(9-21-13)15-16(19)23-18(20)24-17(15)22-14-6-4-11(8-14)10-25/h5,7,9,11,14,25H,2-4,6,8,10H2,1H3,(H3,20,22,23,24)/t11-,14+/m1/s1. The Hall–Kier alpha value is -1.92. The molecule has 134 valence electrons. The van der Waals surface area contributed by atoms with Crippen LogP contribution in [0, 0.1) is 5.92 Å². The average Bonchev–Trinajstić information content (AvgIpc) is 3.03. The number of pyridine rings is 1. The molecular formula is C18H24ClN5O. The first kappa shape index (κ1) is 17.9. The summed E-state index contributed by atoms with van der Waals surface area (Å²) in [6.45, 7) is 2.35. The summed E-state index contributed by atoms with van der Waals surface area (Å²) < 4.78 is 0. The van der Waals surface area contributed by atoms with Crippen LogP contribution in [0.1, 0.15) is 38.3 Å². The Kier molecular flexibility index (Phi) is 5.71. The summed E-state index contributed by atoms with van der Waals surface area (Å²) in [4.78, 5) is 13.0. The van der Waals surface area contributed by atoms with Gasteiger partial charge in [-0.05, 0) is 37.7 Å². The van der Waals surface area contributed by atoms with Crippen LogP contribution >= 0.6 is 11.6 Å². The molecule has 0 aromatic carbocycles. The van der Waals surface area contributed by atoms with Crippen molar-refractivity contribution < 1.29 is 5.11 Å². The van der Waals surface area contributed by atoms with E-state index in [9.17, 15) is 5.11 Å². The molecule has 0 aliphatic heterocycles. The van der Waals surface area contributed by atoms with E-state index >= 15 is 0 Å². The lowest BCUT2D eigenvalue weighted by molar-refractivity contribution is 0.229. The molecule has 7 heteroatoms. The van der Waals surface area contributed by atoms with Gasteiger partial charge >= 0.3 is 0 Å². The van der Waals surface area contributed by atoms with E-state index < -0.39 is 0 Å². The topological polar surface area (TPSA) is 97.0 Å². The largest absolute Gasteiger partial charge is 0.396 e. The number of nitrogens with two attached hydrogens (primary N) is 1. The Balaban J connectivity index is 1.90. The highest BCUT2D eigenvalue weighted by molar-refractivity contribution is 6.32. The van der Waals surface area contributed by atoms with Gasteiger partial charge in [0.2, 0.25) is 5.95 Å². The molecule has 6 nitrogen and oxygen atoms in total. The maximum atomic E-state index is 9.34. The summed E-state index contributed by atoms with van der Waals surface area (Å²) in [5, 5.41) is 13.1. The molecule has 1 aliphatic rings. The van der Waals surface area contributed by atoms with Crippen molar-refractivity contribution in [3.8, 4) is 11.1 Å². The molecular weight excluding hydrogens is 338 g/mol. The molecule has 2 aromatic heterocycles. The van der Waals surface area contributed by atoms with Gasteiger partial charge in [-0.2, -0.15) is 4.98 Å². The lowest BCUT2D eigenvalue weighted by Crippen LogP contribution is -2.18. The summed E-state index contributed by atoms with van der Waals surface area (Å²) in [7, 11) is 0. The van der Waals surface area contributed by atoms with Crippen molar-refractivity contribution in [3.05, 3.63) is 29.2 Å². The number of hydrogen-bond donors (Lipinski definition) is 3. The minimum atomic E-state index is 0.142. The molecule has 0 bridgehead atoms. The van der Waals surface area contributed by atoms with E-state index in [0.29, 0.717) is 16.9 Å². The van der Waals surface area contributed by atoms with Crippen LogP contribution < -0.4 is 11.1 Å². The Morgan fingerprint density at radius 3 is 2.80 bits per heavy atom. The summed E-state index contributed by atoms with van der Waals surface area (Å²) in [5.74, 6) is 1.11. The zero-order valence-electron chi connectivity index (χ0n) is 14.4. The summed E-state index contributed by atoms with van der Waals surface area (Å²) >= 11 is 6.37. The van der Waals surface area contributed by atoms with Crippen molar-refractivity contribution >= 4 is 23.4 Å². The second-order valence-electron chi connectivity index (χ2n) is 6.59. The third-order valence-corrected chi connectivity index (χ3v) is 4.92.